The standard InChI is InChI=1S/C13H19N3O3/c1-3-19-13(18)15-9-6-12(17)16-10(2)11-4-7-14-8-5-11/h4-5,7-8,10H,3,6,9H2,1-2H3,(H,15,18)(H,16,17). The smallest absolute Gasteiger partial charge is 0.407 e. The van der Waals surface area contributed by atoms with Crippen LogP contribution in [0.3, 0.4) is 0 Å². The molecule has 104 valence electrons. The number of alkyl carbamates (subject to hydrolysis) is 1. The van der Waals surface area contributed by atoms with E-state index in [4.69, 9.17) is 0 Å². The van der Waals surface area contributed by atoms with E-state index < -0.39 is 6.09 Å². The largest absolute Gasteiger partial charge is 0.450 e. The quantitative estimate of drug-likeness (QED) is 0.814. The molecule has 0 aromatic carbocycles. The molecule has 0 radical (unpaired) electrons. The molecule has 6 heteroatoms. The normalized spacial score (nSPS) is 11.5. The number of carbonyl (C=O) groups is 2. The van der Waals surface area contributed by atoms with Crippen molar-refractivity contribution in [3.05, 3.63) is 30.1 Å². The monoisotopic (exact) mass is 265 g/mol. The fraction of sp³-hybridized carbons (Fsp3) is 0.462. The first-order valence-electron chi connectivity index (χ1n) is 6.23. The molecular weight excluding hydrogens is 246 g/mol. The minimum absolute atomic E-state index is 0.0851. The molecule has 0 aliphatic heterocycles. The second kappa shape index (κ2) is 8.07. The summed E-state index contributed by atoms with van der Waals surface area (Å²) in [6.45, 7) is 4.19. The summed E-state index contributed by atoms with van der Waals surface area (Å²) in [4.78, 5) is 26.6. The van der Waals surface area contributed by atoms with Crippen LogP contribution in [0.4, 0.5) is 4.79 Å². The van der Waals surface area contributed by atoms with E-state index >= 15 is 0 Å². The third-order valence-electron chi connectivity index (χ3n) is 2.48. The van der Waals surface area contributed by atoms with Crippen LogP contribution in [-0.4, -0.2) is 30.1 Å². The lowest BCUT2D eigenvalue weighted by Gasteiger charge is -2.14. The van der Waals surface area contributed by atoms with E-state index in [0.29, 0.717) is 6.61 Å². The predicted octanol–water partition coefficient (Wildman–Crippen LogP) is 1.39. The van der Waals surface area contributed by atoms with Crippen LogP contribution in [0.1, 0.15) is 31.9 Å². The number of hydrogen-bond donors (Lipinski definition) is 2. The Balaban J connectivity index is 2.26. The van der Waals surface area contributed by atoms with Crippen LogP contribution in [0, 0.1) is 0 Å². The lowest BCUT2D eigenvalue weighted by Crippen LogP contribution is -2.32. The van der Waals surface area contributed by atoms with Gasteiger partial charge in [0.05, 0.1) is 12.6 Å². The molecule has 1 unspecified atom stereocenters. The first-order valence-corrected chi connectivity index (χ1v) is 6.23. The zero-order valence-electron chi connectivity index (χ0n) is 11.2. The summed E-state index contributed by atoms with van der Waals surface area (Å²) in [5.41, 5.74) is 0.988. The number of amides is 2. The molecule has 0 aliphatic rings. The van der Waals surface area contributed by atoms with Crippen molar-refractivity contribution in [1.29, 1.82) is 0 Å². The van der Waals surface area contributed by atoms with Crippen LogP contribution < -0.4 is 10.6 Å². The van der Waals surface area contributed by atoms with Crippen LogP contribution in [0.2, 0.25) is 0 Å². The number of ether oxygens (including phenoxy) is 1. The summed E-state index contributed by atoms with van der Waals surface area (Å²) in [6, 6.07) is 3.61. The number of carbonyl (C=O) groups excluding carboxylic acids is 2. The number of rotatable bonds is 6. The molecule has 1 rings (SSSR count). The Morgan fingerprint density at radius 2 is 2.05 bits per heavy atom. The maximum Gasteiger partial charge on any atom is 0.407 e. The minimum Gasteiger partial charge on any atom is -0.450 e. The van der Waals surface area contributed by atoms with Gasteiger partial charge in [0.2, 0.25) is 5.91 Å². The second-order valence-electron chi connectivity index (χ2n) is 3.97. The third kappa shape index (κ3) is 5.85. The van der Waals surface area contributed by atoms with E-state index in [-0.39, 0.29) is 24.9 Å². The predicted molar refractivity (Wildman–Crippen MR) is 70.4 cm³/mol. The van der Waals surface area contributed by atoms with Crippen molar-refractivity contribution in [2.45, 2.75) is 26.3 Å². The average molecular weight is 265 g/mol. The van der Waals surface area contributed by atoms with Gasteiger partial charge in [-0.3, -0.25) is 9.78 Å². The minimum atomic E-state index is -0.502. The second-order valence-corrected chi connectivity index (χ2v) is 3.97. The Morgan fingerprint density at radius 3 is 2.68 bits per heavy atom. The molecule has 0 bridgehead atoms. The van der Waals surface area contributed by atoms with E-state index in [1.165, 1.54) is 0 Å². The Morgan fingerprint density at radius 1 is 1.37 bits per heavy atom. The Bertz CT molecular complexity index is 409. The molecule has 6 nitrogen and oxygen atoms in total. The molecule has 0 saturated carbocycles. The van der Waals surface area contributed by atoms with Gasteiger partial charge in [-0.1, -0.05) is 0 Å². The van der Waals surface area contributed by atoms with Gasteiger partial charge < -0.3 is 15.4 Å². The molecule has 0 fully saturated rings. The van der Waals surface area contributed by atoms with Crippen LogP contribution in [0.5, 0.6) is 0 Å². The molecule has 0 spiro atoms. The van der Waals surface area contributed by atoms with Gasteiger partial charge in [0.15, 0.2) is 0 Å². The number of pyridine rings is 1. The third-order valence-corrected chi connectivity index (χ3v) is 2.48. The van der Waals surface area contributed by atoms with Gasteiger partial charge in [0.1, 0.15) is 0 Å². The van der Waals surface area contributed by atoms with Gasteiger partial charge in [-0.2, -0.15) is 0 Å². The molecule has 0 saturated heterocycles. The van der Waals surface area contributed by atoms with E-state index in [2.05, 4.69) is 20.4 Å². The topological polar surface area (TPSA) is 80.3 Å². The fourth-order valence-electron chi connectivity index (χ4n) is 1.51. The summed E-state index contributed by atoms with van der Waals surface area (Å²) in [5, 5.41) is 5.34. The van der Waals surface area contributed by atoms with Crippen LogP contribution >= 0.6 is 0 Å². The van der Waals surface area contributed by atoms with Crippen molar-refractivity contribution in [2.75, 3.05) is 13.2 Å². The highest BCUT2D eigenvalue weighted by atomic mass is 16.5. The van der Waals surface area contributed by atoms with Crippen molar-refractivity contribution >= 4 is 12.0 Å². The van der Waals surface area contributed by atoms with Crippen molar-refractivity contribution in [1.82, 2.24) is 15.6 Å². The average Bonchev–Trinajstić information content (AvgIpc) is 2.40. The SMILES string of the molecule is CCOC(=O)NCCC(=O)NC(C)c1ccncc1. The molecule has 1 aromatic heterocycles. The molecule has 2 amide bonds. The lowest BCUT2D eigenvalue weighted by molar-refractivity contribution is -0.121. The van der Waals surface area contributed by atoms with E-state index in [0.717, 1.165) is 5.56 Å². The first-order chi connectivity index (χ1) is 9.13. The van der Waals surface area contributed by atoms with Gasteiger partial charge in [-0.15, -0.1) is 0 Å². The summed E-state index contributed by atoms with van der Waals surface area (Å²) in [6.07, 6.45) is 3.08. The number of nitrogens with zero attached hydrogens (tertiary/aromatic N) is 1. The Kier molecular flexibility index (Phi) is 6.35. The van der Waals surface area contributed by atoms with Crippen LogP contribution in [-0.2, 0) is 9.53 Å². The van der Waals surface area contributed by atoms with Gasteiger partial charge in [-0.05, 0) is 31.5 Å². The molecule has 0 aliphatic carbocycles. The molecule has 2 N–H and O–H groups in total. The molecule has 1 aromatic rings. The van der Waals surface area contributed by atoms with Crippen molar-refractivity contribution < 1.29 is 14.3 Å². The zero-order chi connectivity index (χ0) is 14.1. The number of aromatic nitrogens is 1. The van der Waals surface area contributed by atoms with Gasteiger partial charge in [0.25, 0.3) is 0 Å². The van der Waals surface area contributed by atoms with E-state index in [9.17, 15) is 9.59 Å². The summed E-state index contributed by atoms with van der Waals surface area (Å²) < 4.78 is 4.69. The van der Waals surface area contributed by atoms with Crippen LogP contribution in [0.15, 0.2) is 24.5 Å². The highest BCUT2D eigenvalue weighted by molar-refractivity contribution is 5.77. The number of nitrogens with one attached hydrogen (secondary N) is 2. The number of hydrogen-bond acceptors (Lipinski definition) is 4. The highest BCUT2D eigenvalue weighted by Crippen LogP contribution is 2.09. The molecule has 19 heavy (non-hydrogen) atoms. The Hall–Kier alpha value is -2.11. The van der Waals surface area contributed by atoms with Crippen molar-refractivity contribution in [2.24, 2.45) is 0 Å². The molecule has 1 atom stereocenters. The molecule has 1 heterocycles. The first kappa shape index (κ1) is 14.9. The lowest BCUT2D eigenvalue weighted by atomic mass is 10.1. The summed E-state index contributed by atoms with van der Waals surface area (Å²) in [7, 11) is 0. The zero-order valence-corrected chi connectivity index (χ0v) is 11.2. The van der Waals surface area contributed by atoms with E-state index in [1.54, 1.807) is 19.3 Å². The van der Waals surface area contributed by atoms with Crippen LogP contribution in [0.25, 0.3) is 0 Å². The maximum absolute atomic E-state index is 11.6. The summed E-state index contributed by atoms with van der Waals surface area (Å²) in [5.74, 6) is -0.124. The van der Waals surface area contributed by atoms with Crippen molar-refractivity contribution in [3.63, 3.8) is 0 Å². The van der Waals surface area contributed by atoms with Crippen molar-refractivity contribution in [3.8, 4) is 0 Å². The Labute approximate surface area is 112 Å². The summed E-state index contributed by atoms with van der Waals surface area (Å²) >= 11 is 0. The molecular formula is C13H19N3O3. The maximum atomic E-state index is 11.6. The van der Waals surface area contributed by atoms with E-state index in [1.807, 2.05) is 19.1 Å². The van der Waals surface area contributed by atoms with Gasteiger partial charge in [0, 0.05) is 25.4 Å². The fourth-order valence-corrected chi connectivity index (χ4v) is 1.51. The van der Waals surface area contributed by atoms with Gasteiger partial charge in [-0.25, -0.2) is 4.79 Å². The highest BCUT2D eigenvalue weighted by Gasteiger charge is 2.09. The van der Waals surface area contributed by atoms with Gasteiger partial charge >= 0.3 is 6.09 Å².